The molecule has 2 heterocycles. The summed E-state index contributed by atoms with van der Waals surface area (Å²) in [5.74, 6) is -0.764. The zero-order valence-electron chi connectivity index (χ0n) is 18.6. The zero-order chi connectivity index (χ0) is 22.8. The fraction of sp³-hybridized carbons (Fsp3) is 0.591. The molecule has 2 aliphatic heterocycles. The molecule has 172 valence electrons. The molecule has 1 fully saturated rings. The van der Waals surface area contributed by atoms with Gasteiger partial charge in [0.2, 0.25) is 0 Å². The summed E-state index contributed by atoms with van der Waals surface area (Å²) in [5.41, 5.74) is 2.75. The van der Waals surface area contributed by atoms with Crippen molar-refractivity contribution in [3.05, 3.63) is 35.4 Å². The Morgan fingerprint density at radius 3 is 2.52 bits per heavy atom. The molecular formula is C22H32N2O6S. The van der Waals surface area contributed by atoms with Crippen LogP contribution >= 0.6 is 0 Å². The van der Waals surface area contributed by atoms with Crippen molar-refractivity contribution in [2.45, 2.75) is 45.8 Å². The molecule has 1 aromatic carbocycles. The summed E-state index contributed by atoms with van der Waals surface area (Å²) in [6.45, 7) is 7.49. The monoisotopic (exact) mass is 452 g/mol. The van der Waals surface area contributed by atoms with Gasteiger partial charge in [-0.1, -0.05) is 12.1 Å². The number of hydrogen-bond donors (Lipinski definition) is 1. The number of carbonyl (C=O) groups is 1. The van der Waals surface area contributed by atoms with Crippen LogP contribution in [0.2, 0.25) is 0 Å². The van der Waals surface area contributed by atoms with Gasteiger partial charge in [0, 0.05) is 30.9 Å². The maximum atomic E-state index is 12.9. The van der Waals surface area contributed by atoms with Gasteiger partial charge in [0.05, 0.1) is 25.2 Å². The fourth-order valence-corrected chi connectivity index (χ4v) is 5.62. The first kappa shape index (κ1) is 23.7. The number of methoxy groups -OCH3 is 1. The van der Waals surface area contributed by atoms with Crippen molar-refractivity contribution >= 4 is 27.3 Å². The van der Waals surface area contributed by atoms with Gasteiger partial charge in [-0.3, -0.25) is 4.79 Å². The van der Waals surface area contributed by atoms with Crippen molar-refractivity contribution in [3.63, 3.8) is 0 Å². The third-order valence-corrected chi connectivity index (χ3v) is 7.06. The predicted octanol–water partition coefficient (Wildman–Crippen LogP) is 2.33. The lowest BCUT2D eigenvalue weighted by Gasteiger charge is -2.43. The van der Waals surface area contributed by atoms with E-state index in [4.69, 9.17) is 9.02 Å². The Kier molecular flexibility index (Phi) is 7.10. The molecule has 0 radical (unpaired) electrons. The Balaban J connectivity index is 1.79. The Morgan fingerprint density at radius 1 is 1.26 bits per heavy atom. The maximum absolute atomic E-state index is 12.9. The molecule has 0 bridgehead atoms. The van der Waals surface area contributed by atoms with E-state index < -0.39 is 10.1 Å². The topological polar surface area (TPSA) is 96.4 Å². The zero-order valence-corrected chi connectivity index (χ0v) is 19.4. The third kappa shape index (κ3) is 5.28. The van der Waals surface area contributed by atoms with E-state index in [-0.39, 0.29) is 29.8 Å². The number of benzene rings is 1. The highest BCUT2D eigenvalue weighted by Gasteiger charge is 2.34. The maximum Gasteiger partial charge on any atom is 0.308 e. The van der Waals surface area contributed by atoms with Gasteiger partial charge < -0.3 is 14.7 Å². The molecule has 0 unspecified atom stereocenters. The van der Waals surface area contributed by atoms with Crippen molar-refractivity contribution in [1.29, 1.82) is 0 Å². The van der Waals surface area contributed by atoms with Crippen molar-refractivity contribution in [2.24, 2.45) is 5.92 Å². The van der Waals surface area contributed by atoms with Crippen molar-refractivity contribution in [3.8, 4) is 0 Å². The van der Waals surface area contributed by atoms with Crippen LogP contribution in [0.1, 0.15) is 44.7 Å². The summed E-state index contributed by atoms with van der Waals surface area (Å²) >= 11 is 0. The van der Waals surface area contributed by atoms with Gasteiger partial charge in [-0.25, -0.2) is 0 Å². The first-order valence-corrected chi connectivity index (χ1v) is 12.2. The van der Waals surface area contributed by atoms with Gasteiger partial charge in [-0.15, -0.1) is 0 Å². The van der Waals surface area contributed by atoms with Crippen molar-refractivity contribution < 1.29 is 27.3 Å². The number of aliphatic hydroxyl groups is 1. The number of anilines is 1. The van der Waals surface area contributed by atoms with E-state index in [0.717, 1.165) is 23.4 Å². The predicted molar refractivity (Wildman–Crippen MR) is 119 cm³/mol. The quantitative estimate of drug-likeness (QED) is 0.630. The van der Waals surface area contributed by atoms with Gasteiger partial charge in [-0.2, -0.15) is 17.8 Å². The molecule has 1 saturated heterocycles. The van der Waals surface area contributed by atoms with Crippen LogP contribution in [0.15, 0.2) is 24.3 Å². The minimum Gasteiger partial charge on any atom is -0.469 e. The molecule has 3 rings (SSSR count). The standard InChI is InChI=1S/C22H32N2O6S/c1-5-24-20-7-6-16(14-25)12-19(20)18(13-22(24,2)3)15-31(27,28)30-23-10-8-17(9-11-23)21(26)29-4/h6-7,12-13,17,25H,5,8-11,14-15H2,1-4H3. The number of esters is 1. The number of fused-ring (bicyclic) bond motifs is 1. The molecule has 8 nitrogen and oxygen atoms in total. The molecule has 0 saturated carbocycles. The van der Waals surface area contributed by atoms with E-state index in [9.17, 15) is 18.3 Å². The fourth-order valence-electron chi connectivity index (χ4n) is 4.47. The molecular weight excluding hydrogens is 420 g/mol. The number of hydrogen-bond acceptors (Lipinski definition) is 8. The van der Waals surface area contributed by atoms with E-state index >= 15 is 0 Å². The Bertz CT molecular complexity index is 949. The number of likely N-dealkylation sites (N-methyl/N-ethyl adjacent to an activating group) is 1. The van der Waals surface area contributed by atoms with Crippen LogP contribution in [0.25, 0.3) is 5.57 Å². The lowest BCUT2D eigenvalue weighted by molar-refractivity contribution is -0.150. The molecule has 0 amide bonds. The van der Waals surface area contributed by atoms with E-state index in [1.165, 1.54) is 12.2 Å². The SMILES string of the molecule is CCN1c2ccc(CO)cc2C(CS(=O)(=O)ON2CCC(C(=O)OC)CC2)=CC1(C)C. The van der Waals surface area contributed by atoms with Crippen LogP contribution < -0.4 is 4.90 Å². The summed E-state index contributed by atoms with van der Waals surface area (Å²) in [5, 5.41) is 11.0. The van der Waals surface area contributed by atoms with Crippen LogP contribution in [0.4, 0.5) is 5.69 Å². The summed E-state index contributed by atoms with van der Waals surface area (Å²) in [6, 6.07) is 5.64. The van der Waals surface area contributed by atoms with Gasteiger partial charge >= 0.3 is 5.97 Å². The number of piperidine rings is 1. The molecule has 2 aliphatic rings. The van der Waals surface area contributed by atoms with E-state index in [2.05, 4.69) is 11.8 Å². The molecule has 1 N–H and O–H groups in total. The average molecular weight is 453 g/mol. The van der Waals surface area contributed by atoms with E-state index in [1.54, 1.807) is 0 Å². The summed E-state index contributed by atoms with van der Waals surface area (Å²) in [6.07, 6.45) is 2.95. The smallest absolute Gasteiger partial charge is 0.308 e. The summed E-state index contributed by atoms with van der Waals surface area (Å²) < 4.78 is 36.0. The highest BCUT2D eigenvalue weighted by Crippen LogP contribution is 2.40. The lowest BCUT2D eigenvalue weighted by atomic mass is 9.88. The molecule has 9 heteroatoms. The van der Waals surface area contributed by atoms with Crippen LogP contribution in [0, 0.1) is 5.92 Å². The van der Waals surface area contributed by atoms with Gasteiger partial charge in [0.15, 0.2) is 0 Å². The second-order valence-corrected chi connectivity index (χ2v) is 10.1. The molecule has 0 aromatic heterocycles. The largest absolute Gasteiger partial charge is 0.469 e. The van der Waals surface area contributed by atoms with E-state index in [1.807, 2.05) is 38.1 Å². The number of carbonyl (C=O) groups excluding carboxylic acids is 1. The summed E-state index contributed by atoms with van der Waals surface area (Å²) in [4.78, 5) is 13.9. The molecule has 0 spiro atoms. The number of nitrogens with zero attached hydrogens (tertiary/aromatic N) is 2. The minimum absolute atomic E-state index is 0.117. The Morgan fingerprint density at radius 2 is 1.94 bits per heavy atom. The van der Waals surface area contributed by atoms with Crippen molar-refractivity contribution in [2.75, 3.05) is 37.4 Å². The molecule has 1 aromatic rings. The van der Waals surface area contributed by atoms with Crippen LogP contribution in [0.5, 0.6) is 0 Å². The molecule has 31 heavy (non-hydrogen) atoms. The number of hydroxylamine groups is 2. The van der Waals surface area contributed by atoms with Gasteiger partial charge in [0.25, 0.3) is 10.1 Å². The second kappa shape index (κ2) is 9.28. The average Bonchev–Trinajstić information content (AvgIpc) is 2.72. The minimum atomic E-state index is -3.90. The Labute approximate surface area is 184 Å². The van der Waals surface area contributed by atoms with Gasteiger partial charge in [-0.05, 0) is 56.9 Å². The third-order valence-electron chi connectivity index (χ3n) is 5.96. The number of rotatable bonds is 7. The molecule has 0 atom stereocenters. The molecule has 0 aliphatic carbocycles. The van der Waals surface area contributed by atoms with Crippen LogP contribution in [-0.2, 0) is 30.5 Å². The lowest BCUT2D eigenvalue weighted by Crippen LogP contribution is -2.45. The second-order valence-electron chi connectivity index (χ2n) is 8.58. The summed E-state index contributed by atoms with van der Waals surface area (Å²) in [7, 11) is -2.54. The number of aliphatic hydroxyl groups excluding tert-OH is 1. The van der Waals surface area contributed by atoms with Crippen LogP contribution in [-0.4, -0.2) is 62.6 Å². The first-order valence-electron chi connectivity index (χ1n) is 10.6. The van der Waals surface area contributed by atoms with Crippen LogP contribution in [0.3, 0.4) is 0 Å². The highest BCUT2D eigenvalue weighted by atomic mass is 32.2. The Hall–Kier alpha value is -1.94. The highest BCUT2D eigenvalue weighted by molar-refractivity contribution is 7.87. The number of ether oxygens (including phenoxy) is 1. The normalized spacial score (nSPS) is 19.6. The van der Waals surface area contributed by atoms with Crippen molar-refractivity contribution in [1.82, 2.24) is 5.06 Å². The van der Waals surface area contributed by atoms with Gasteiger partial charge in [0.1, 0.15) is 5.75 Å². The van der Waals surface area contributed by atoms with E-state index in [0.29, 0.717) is 31.5 Å². The first-order chi connectivity index (χ1) is 14.6.